The van der Waals surface area contributed by atoms with Crippen molar-refractivity contribution in [1.29, 1.82) is 0 Å². The van der Waals surface area contributed by atoms with Crippen LogP contribution >= 0.6 is 11.3 Å². The first-order valence-electron chi connectivity index (χ1n) is 6.75. The molecule has 3 rings (SSSR count). The molecular formula is C16H12F2N2O2S. The quantitative estimate of drug-likeness (QED) is 0.766. The Labute approximate surface area is 134 Å². The van der Waals surface area contributed by atoms with Crippen molar-refractivity contribution in [3.05, 3.63) is 53.0 Å². The molecule has 0 unspecified atom stereocenters. The lowest BCUT2D eigenvalue weighted by atomic mass is 10.2. The van der Waals surface area contributed by atoms with Crippen LogP contribution in [0.5, 0.6) is 5.75 Å². The summed E-state index contributed by atoms with van der Waals surface area (Å²) in [5.41, 5.74) is 1.73. The van der Waals surface area contributed by atoms with Crippen molar-refractivity contribution < 1.29 is 18.3 Å². The van der Waals surface area contributed by atoms with Gasteiger partial charge in [-0.05, 0) is 43.3 Å². The minimum absolute atomic E-state index is 0.0545. The second-order valence-electron chi connectivity index (χ2n) is 4.78. The van der Waals surface area contributed by atoms with Gasteiger partial charge in [-0.3, -0.25) is 4.79 Å². The van der Waals surface area contributed by atoms with Crippen molar-refractivity contribution in [2.24, 2.45) is 0 Å². The Hall–Kier alpha value is -2.54. The van der Waals surface area contributed by atoms with E-state index in [4.69, 9.17) is 0 Å². The molecule has 1 N–H and O–H groups in total. The van der Waals surface area contributed by atoms with Crippen LogP contribution in [0.4, 0.5) is 14.5 Å². The number of hydrogen-bond donors (Lipinski definition) is 1. The van der Waals surface area contributed by atoms with Crippen LogP contribution in [0.3, 0.4) is 0 Å². The first-order valence-corrected chi connectivity index (χ1v) is 7.56. The number of amides is 1. The van der Waals surface area contributed by atoms with Gasteiger partial charge in [0.2, 0.25) is 0 Å². The fourth-order valence-corrected chi connectivity index (χ4v) is 3.00. The minimum Gasteiger partial charge on any atom is -0.435 e. The molecule has 0 aliphatic carbocycles. The molecule has 0 bridgehead atoms. The number of aromatic nitrogens is 1. The summed E-state index contributed by atoms with van der Waals surface area (Å²) in [6.07, 6.45) is 0. The maximum absolute atomic E-state index is 12.2. The number of anilines is 1. The van der Waals surface area contributed by atoms with Crippen LogP contribution < -0.4 is 10.1 Å². The average molecular weight is 334 g/mol. The van der Waals surface area contributed by atoms with Crippen LogP contribution in [0.2, 0.25) is 0 Å². The Morgan fingerprint density at radius 2 is 2.09 bits per heavy atom. The Balaban J connectivity index is 1.79. The molecule has 3 aromatic rings. The third-order valence-corrected chi connectivity index (χ3v) is 4.01. The van der Waals surface area contributed by atoms with Gasteiger partial charge in [0.15, 0.2) is 0 Å². The number of carbonyl (C=O) groups excluding carboxylic acids is 1. The molecule has 4 nitrogen and oxygen atoms in total. The van der Waals surface area contributed by atoms with E-state index >= 15 is 0 Å². The van der Waals surface area contributed by atoms with Gasteiger partial charge in [-0.15, -0.1) is 11.3 Å². The molecule has 1 heterocycles. The number of thiazole rings is 1. The zero-order valence-corrected chi connectivity index (χ0v) is 12.9. The summed E-state index contributed by atoms with van der Waals surface area (Å²) in [7, 11) is 0. The van der Waals surface area contributed by atoms with Crippen LogP contribution in [0, 0.1) is 6.92 Å². The smallest absolute Gasteiger partial charge is 0.387 e. The summed E-state index contributed by atoms with van der Waals surface area (Å²) < 4.78 is 29.7. The highest BCUT2D eigenvalue weighted by atomic mass is 32.1. The van der Waals surface area contributed by atoms with E-state index in [-0.39, 0.29) is 11.3 Å². The van der Waals surface area contributed by atoms with Crippen molar-refractivity contribution in [2.45, 2.75) is 13.5 Å². The summed E-state index contributed by atoms with van der Waals surface area (Å²) in [6, 6.07) is 11.1. The standard InChI is InChI=1S/C16H12F2N2O2S/c1-9-19-13-6-5-11(8-14(13)23-9)20-15(21)10-3-2-4-12(7-10)22-16(17)18/h2-8,16H,1H3,(H,20,21). The molecule has 0 saturated heterocycles. The minimum atomic E-state index is -2.93. The van der Waals surface area contributed by atoms with E-state index in [9.17, 15) is 13.6 Å². The number of rotatable bonds is 4. The van der Waals surface area contributed by atoms with Crippen LogP contribution in [-0.4, -0.2) is 17.5 Å². The molecule has 2 aromatic carbocycles. The highest BCUT2D eigenvalue weighted by molar-refractivity contribution is 7.18. The topological polar surface area (TPSA) is 51.2 Å². The lowest BCUT2D eigenvalue weighted by Crippen LogP contribution is -2.12. The third-order valence-electron chi connectivity index (χ3n) is 3.07. The maximum atomic E-state index is 12.2. The van der Waals surface area contributed by atoms with Gasteiger partial charge in [0.1, 0.15) is 5.75 Å². The van der Waals surface area contributed by atoms with Gasteiger partial charge in [-0.1, -0.05) is 6.07 Å². The van der Waals surface area contributed by atoms with Gasteiger partial charge in [0, 0.05) is 11.3 Å². The molecule has 1 amide bonds. The van der Waals surface area contributed by atoms with Gasteiger partial charge in [-0.2, -0.15) is 8.78 Å². The largest absolute Gasteiger partial charge is 0.435 e. The lowest BCUT2D eigenvalue weighted by Gasteiger charge is -2.08. The number of fused-ring (bicyclic) bond motifs is 1. The van der Waals surface area contributed by atoms with E-state index in [1.54, 1.807) is 6.07 Å². The van der Waals surface area contributed by atoms with E-state index in [2.05, 4.69) is 15.0 Å². The SMILES string of the molecule is Cc1nc2ccc(NC(=O)c3cccc(OC(F)F)c3)cc2s1. The summed E-state index contributed by atoms with van der Waals surface area (Å²) in [5, 5.41) is 3.68. The van der Waals surface area contributed by atoms with Crippen molar-refractivity contribution in [2.75, 3.05) is 5.32 Å². The molecule has 0 radical (unpaired) electrons. The number of aryl methyl sites for hydroxylation is 1. The molecule has 0 spiro atoms. The first-order chi connectivity index (χ1) is 11.0. The fraction of sp³-hybridized carbons (Fsp3) is 0.125. The Bertz CT molecular complexity index is 864. The number of hydrogen-bond acceptors (Lipinski definition) is 4. The van der Waals surface area contributed by atoms with Gasteiger partial charge in [0.25, 0.3) is 5.91 Å². The normalized spacial score (nSPS) is 11.0. The number of alkyl halides is 2. The number of nitrogens with one attached hydrogen (secondary N) is 1. The Kier molecular flexibility index (Phi) is 4.20. The zero-order chi connectivity index (χ0) is 16.4. The van der Waals surface area contributed by atoms with E-state index < -0.39 is 12.5 Å². The predicted molar refractivity (Wildman–Crippen MR) is 85.4 cm³/mol. The van der Waals surface area contributed by atoms with Crippen LogP contribution in [-0.2, 0) is 0 Å². The van der Waals surface area contributed by atoms with E-state index in [1.807, 2.05) is 19.1 Å². The summed E-state index contributed by atoms with van der Waals surface area (Å²) in [4.78, 5) is 16.6. The van der Waals surface area contributed by atoms with E-state index in [0.717, 1.165) is 15.2 Å². The summed E-state index contributed by atoms with van der Waals surface area (Å²) >= 11 is 1.53. The van der Waals surface area contributed by atoms with Crippen molar-refractivity contribution >= 4 is 33.1 Å². The van der Waals surface area contributed by atoms with E-state index in [0.29, 0.717) is 5.69 Å². The van der Waals surface area contributed by atoms with Gasteiger partial charge < -0.3 is 10.1 Å². The molecule has 118 valence electrons. The number of ether oxygens (including phenoxy) is 1. The van der Waals surface area contributed by atoms with Gasteiger partial charge in [-0.25, -0.2) is 4.98 Å². The monoisotopic (exact) mass is 334 g/mol. The molecule has 23 heavy (non-hydrogen) atoms. The molecule has 0 fully saturated rings. The van der Waals surface area contributed by atoms with Gasteiger partial charge >= 0.3 is 6.61 Å². The summed E-state index contributed by atoms with van der Waals surface area (Å²) in [6.45, 7) is -1.01. The molecule has 0 aliphatic heterocycles. The number of carbonyl (C=O) groups is 1. The molecular weight excluding hydrogens is 322 g/mol. The van der Waals surface area contributed by atoms with Crippen LogP contribution in [0.15, 0.2) is 42.5 Å². The van der Waals surface area contributed by atoms with Crippen molar-refractivity contribution in [3.63, 3.8) is 0 Å². The molecule has 1 aromatic heterocycles. The molecule has 0 atom stereocenters. The highest BCUT2D eigenvalue weighted by Crippen LogP contribution is 2.25. The second kappa shape index (κ2) is 6.29. The highest BCUT2D eigenvalue weighted by Gasteiger charge is 2.10. The van der Waals surface area contributed by atoms with E-state index in [1.165, 1.54) is 35.6 Å². The predicted octanol–water partition coefficient (Wildman–Crippen LogP) is 4.46. The number of halogens is 2. The molecule has 0 aliphatic rings. The van der Waals surface area contributed by atoms with Crippen LogP contribution in [0.1, 0.15) is 15.4 Å². The molecule has 7 heteroatoms. The first kappa shape index (κ1) is 15.4. The second-order valence-corrected chi connectivity index (χ2v) is 6.01. The number of benzene rings is 2. The zero-order valence-electron chi connectivity index (χ0n) is 12.0. The fourth-order valence-electron chi connectivity index (χ4n) is 2.13. The molecule has 0 saturated carbocycles. The Morgan fingerprint density at radius 3 is 2.87 bits per heavy atom. The third kappa shape index (κ3) is 3.62. The van der Waals surface area contributed by atoms with Crippen molar-refractivity contribution in [1.82, 2.24) is 4.98 Å². The lowest BCUT2D eigenvalue weighted by molar-refractivity contribution is -0.0498. The van der Waals surface area contributed by atoms with Crippen molar-refractivity contribution in [3.8, 4) is 5.75 Å². The van der Waals surface area contributed by atoms with Gasteiger partial charge in [0.05, 0.1) is 15.2 Å². The number of nitrogens with zero attached hydrogens (tertiary/aromatic N) is 1. The Morgan fingerprint density at radius 1 is 1.26 bits per heavy atom. The average Bonchev–Trinajstić information content (AvgIpc) is 2.86. The summed E-state index contributed by atoms with van der Waals surface area (Å²) in [5.74, 6) is -0.452. The van der Waals surface area contributed by atoms with Crippen LogP contribution in [0.25, 0.3) is 10.2 Å². The maximum Gasteiger partial charge on any atom is 0.387 e.